The zero-order valence-corrected chi connectivity index (χ0v) is 11.3. The first kappa shape index (κ1) is 15.4. The Morgan fingerprint density at radius 2 is 1.69 bits per heavy atom. The molecule has 1 N–H and O–H groups in total. The van der Waals surface area contributed by atoms with Crippen LogP contribution in [0.5, 0.6) is 0 Å². The van der Waals surface area contributed by atoms with Gasteiger partial charge < -0.3 is 5.11 Å². The molecule has 0 saturated carbocycles. The van der Waals surface area contributed by atoms with Crippen LogP contribution in [0.25, 0.3) is 0 Å². The molecule has 0 atom stereocenters. The van der Waals surface area contributed by atoms with Crippen molar-refractivity contribution in [2.75, 3.05) is 5.75 Å². The highest BCUT2D eigenvalue weighted by atomic mass is 32.2. The highest BCUT2D eigenvalue weighted by Gasteiger charge is 2.47. The fourth-order valence-corrected chi connectivity index (χ4v) is 4.03. The lowest BCUT2D eigenvalue weighted by Crippen LogP contribution is -2.46. The van der Waals surface area contributed by atoms with E-state index in [0.717, 1.165) is 0 Å². The Kier molecular flexibility index (Phi) is 5.46. The summed E-state index contributed by atoms with van der Waals surface area (Å²) in [6.07, 6.45) is 0.760. The summed E-state index contributed by atoms with van der Waals surface area (Å²) in [5.41, 5.74) is 0. The van der Waals surface area contributed by atoms with Crippen molar-refractivity contribution >= 4 is 15.8 Å². The van der Waals surface area contributed by atoms with Crippen molar-refractivity contribution in [3.8, 4) is 0 Å². The molecule has 0 aliphatic heterocycles. The Bertz CT molecular complexity index is 326. The van der Waals surface area contributed by atoms with Gasteiger partial charge in [-0.25, -0.2) is 8.42 Å². The number of hydrogen-bond donors (Lipinski definition) is 1. The van der Waals surface area contributed by atoms with Crippen LogP contribution in [0.1, 0.15) is 47.0 Å². The van der Waals surface area contributed by atoms with E-state index < -0.39 is 20.6 Å². The molecule has 0 radical (unpaired) electrons. The van der Waals surface area contributed by atoms with E-state index >= 15 is 0 Å². The minimum atomic E-state index is -3.58. The number of carboxylic acid groups (broad SMARTS) is 1. The average molecular weight is 250 g/mol. The number of carboxylic acids is 1. The third-order valence-electron chi connectivity index (χ3n) is 3.09. The average Bonchev–Trinajstić information content (AvgIpc) is 2.16. The van der Waals surface area contributed by atoms with Gasteiger partial charge in [-0.15, -0.1) is 0 Å². The molecule has 96 valence electrons. The zero-order chi connectivity index (χ0) is 13.0. The van der Waals surface area contributed by atoms with Gasteiger partial charge in [0.2, 0.25) is 0 Å². The van der Waals surface area contributed by atoms with E-state index in [9.17, 15) is 13.2 Å². The molecule has 5 heteroatoms. The molecular weight excluding hydrogens is 228 g/mol. The van der Waals surface area contributed by atoms with Crippen LogP contribution in [-0.4, -0.2) is 30.0 Å². The molecule has 0 aromatic carbocycles. The summed E-state index contributed by atoms with van der Waals surface area (Å²) >= 11 is 0. The summed E-state index contributed by atoms with van der Waals surface area (Å²) in [6, 6.07) is 0. The number of carbonyl (C=O) groups is 1. The first-order valence-corrected chi connectivity index (χ1v) is 7.34. The minimum Gasteiger partial charge on any atom is -0.480 e. The van der Waals surface area contributed by atoms with Crippen LogP contribution in [0.4, 0.5) is 0 Å². The van der Waals surface area contributed by atoms with Crippen LogP contribution in [0, 0.1) is 5.92 Å². The maximum Gasteiger partial charge on any atom is 0.325 e. The zero-order valence-electron chi connectivity index (χ0n) is 10.5. The number of aliphatic carboxylic acids is 1. The molecule has 0 aromatic heterocycles. The van der Waals surface area contributed by atoms with Gasteiger partial charge in [-0.1, -0.05) is 27.7 Å². The van der Waals surface area contributed by atoms with Gasteiger partial charge in [0.05, 0.1) is 5.75 Å². The first-order valence-electron chi connectivity index (χ1n) is 5.69. The molecular formula is C11H22O4S. The van der Waals surface area contributed by atoms with Crippen LogP contribution in [0.3, 0.4) is 0 Å². The Morgan fingerprint density at radius 3 is 1.94 bits per heavy atom. The van der Waals surface area contributed by atoms with Gasteiger partial charge in [-0.3, -0.25) is 4.79 Å². The quantitative estimate of drug-likeness (QED) is 0.751. The predicted molar refractivity (Wildman–Crippen MR) is 64.2 cm³/mol. The molecule has 4 nitrogen and oxygen atoms in total. The summed E-state index contributed by atoms with van der Waals surface area (Å²) in [5, 5.41) is 9.15. The molecule has 0 rings (SSSR count). The highest BCUT2D eigenvalue weighted by molar-refractivity contribution is 7.93. The van der Waals surface area contributed by atoms with E-state index in [1.807, 2.05) is 13.8 Å². The fourth-order valence-electron chi connectivity index (χ4n) is 1.71. The van der Waals surface area contributed by atoms with Gasteiger partial charge in [-0.2, -0.15) is 0 Å². The standard InChI is InChI=1S/C11H22O4S/c1-5-11(6-2,10(12)13)16(14,15)8-7-9(3)4/h9H,5-8H2,1-4H3,(H,12,13). The second kappa shape index (κ2) is 5.66. The lowest BCUT2D eigenvalue weighted by Gasteiger charge is -2.26. The second-order valence-corrected chi connectivity index (χ2v) is 6.93. The molecule has 0 saturated heterocycles. The van der Waals surface area contributed by atoms with Crippen molar-refractivity contribution in [2.24, 2.45) is 5.92 Å². The third-order valence-corrected chi connectivity index (χ3v) is 5.81. The van der Waals surface area contributed by atoms with E-state index in [1.165, 1.54) is 0 Å². The Balaban J connectivity index is 5.13. The van der Waals surface area contributed by atoms with Crippen molar-refractivity contribution < 1.29 is 18.3 Å². The molecule has 16 heavy (non-hydrogen) atoms. The van der Waals surface area contributed by atoms with Crippen molar-refractivity contribution in [1.82, 2.24) is 0 Å². The Labute approximate surface area is 98.0 Å². The van der Waals surface area contributed by atoms with Crippen molar-refractivity contribution in [2.45, 2.75) is 51.7 Å². The van der Waals surface area contributed by atoms with Crippen LogP contribution in [-0.2, 0) is 14.6 Å². The monoisotopic (exact) mass is 250 g/mol. The van der Waals surface area contributed by atoms with Crippen LogP contribution in [0.2, 0.25) is 0 Å². The van der Waals surface area contributed by atoms with Crippen molar-refractivity contribution in [3.63, 3.8) is 0 Å². The van der Waals surface area contributed by atoms with Gasteiger partial charge in [0.25, 0.3) is 0 Å². The van der Waals surface area contributed by atoms with Crippen molar-refractivity contribution in [1.29, 1.82) is 0 Å². The van der Waals surface area contributed by atoms with E-state index in [1.54, 1.807) is 13.8 Å². The van der Waals surface area contributed by atoms with Gasteiger partial charge >= 0.3 is 5.97 Å². The van der Waals surface area contributed by atoms with Gasteiger partial charge in [-0.05, 0) is 25.2 Å². The molecule has 0 heterocycles. The summed E-state index contributed by atoms with van der Waals surface area (Å²) in [6.45, 7) is 7.08. The first-order chi connectivity index (χ1) is 7.23. The second-order valence-electron chi connectivity index (χ2n) is 4.51. The highest BCUT2D eigenvalue weighted by Crippen LogP contribution is 2.28. The van der Waals surface area contributed by atoms with Crippen LogP contribution >= 0.6 is 0 Å². The molecule has 0 aromatic rings. The molecule has 0 spiro atoms. The predicted octanol–water partition coefficient (Wildman–Crippen LogP) is 2.09. The molecule has 0 fully saturated rings. The maximum absolute atomic E-state index is 12.1. The smallest absolute Gasteiger partial charge is 0.325 e. The van der Waals surface area contributed by atoms with Gasteiger partial charge in [0, 0.05) is 0 Å². The molecule has 0 aliphatic rings. The normalized spacial score (nSPS) is 13.1. The largest absolute Gasteiger partial charge is 0.480 e. The third kappa shape index (κ3) is 2.97. The molecule has 0 bridgehead atoms. The van der Waals surface area contributed by atoms with E-state index in [-0.39, 0.29) is 24.5 Å². The fraction of sp³-hybridized carbons (Fsp3) is 0.909. The van der Waals surface area contributed by atoms with Crippen molar-refractivity contribution in [3.05, 3.63) is 0 Å². The number of sulfone groups is 1. The summed E-state index contributed by atoms with van der Waals surface area (Å²) in [5.74, 6) is -1.00. The summed E-state index contributed by atoms with van der Waals surface area (Å²) in [7, 11) is -3.58. The topological polar surface area (TPSA) is 71.4 Å². The number of hydrogen-bond acceptors (Lipinski definition) is 3. The maximum atomic E-state index is 12.1. The summed E-state index contributed by atoms with van der Waals surface area (Å²) < 4.78 is 22.6. The van der Waals surface area contributed by atoms with Crippen LogP contribution in [0.15, 0.2) is 0 Å². The van der Waals surface area contributed by atoms with E-state index in [4.69, 9.17) is 5.11 Å². The molecule has 0 amide bonds. The lowest BCUT2D eigenvalue weighted by molar-refractivity contribution is -0.140. The lowest BCUT2D eigenvalue weighted by atomic mass is 10.0. The SMILES string of the molecule is CCC(CC)(C(=O)O)S(=O)(=O)CCC(C)C. The Morgan fingerprint density at radius 1 is 1.25 bits per heavy atom. The number of rotatable bonds is 7. The Hall–Kier alpha value is -0.580. The van der Waals surface area contributed by atoms with Crippen LogP contribution < -0.4 is 0 Å². The van der Waals surface area contributed by atoms with Gasteiger partial charge in [0.1, 0.15) is 0 Å². The van der Waals surface area contributed by atoms with Gasteiger partial charge in [0.15, 0.2) is 14.6 Å². The molecule has 0 unspecified atom stereocenters. The van der Waals surface area contributed by atoms with E-state index in [0.29, 0.717) is 6.42 Å². The minimum absolute atomic E-state index is 0.0430. The molecule has 0 aliphatic carbocycles. The van der Waals surface area contributed by atoms with E-state index in [2.05, 4.69) is 0 Å². The summed E-state index contributed by atoms with van der Waals surface area (Å²) in [4.78, 5) is 11.2.